The van der Waals surface area contributed by atoms with Gasteiger partial charge in [0.1, 0.15) is 10.6 Å². The van der Waals surface area contributed by atoms with Crippen LogP contribution in [0.4, 0.5) is 16.0 Å². The lowest BCUT2D eigenvalue weighted by atomic mass is 9.96. The maximum Gasteiger partial charge on any atom is 0.263 e. The molecule has 0 amide bonds. The van der Waals surface area contributed by atoms with Crippen molar-refractivity contribution in [2.24, 2.45) is 0 Å². The molecule has 0 unspecified atom stereocenters. The summed E-state index contributed by atoms with van der Waals surface area (Å²) in [5.41, 5.74) is 2.45. The van der Waals surface area contributed by atoms with Gasteiger partial charge in [-0.15, -0.1) is 0 Å². The van der Waals surface area contributed by atoms with Gasteiger partial charge >= 0.3 is 0 Å². The molecule has 2 aromatic heterocycles. The highest BCUT2D eigenvalue weighted by molar-refractivity contribution is 7.92. The molecule has 10 heteroatoms. The molecule has 0 spiro atoms. The van der Waals surface area contributed by atoms with E-state index in [0.29, 0.717) is 24.0 Å². The minimum absolute atomic E-state index is 0.000522. The summed E-state index contributed by atoms with van der Waals surface area (Å²) in [6, 6.07) is 11.2. The third-order valence-electron chi connectivity index (χ3n) is 6.57. The van der Waals surface area contributed by atoms with Crippen molar-refractivity contribution in [2.75, 3.05) is 10.0 Å². The maximum absolute atomic E-state index is 15.2. The lowest BCUT2D eigenvalue weighted by Gasteiger charge is -2.22. The van der Waals surface area contributed by atoms with Crippen molar-refractivity contribution < 1.29 is 12.8 Å². The number of fused-ring (bicyclic) bond motifs is 1. The smallest absolute Gasteiger partial charge is 0.263 e. The number of hydrogen-bond donors (Lipinski definition) is 2. The van der Waals surface area contributed by atoms with E-state index < -0.39 is 15.8 Å². The van der Waals surface area contributed by atoms with Gasteiger partial charge in [-0.1, -0.05) is 49.9 Å². The molecule has 1 aliphatic carbocycles. The molecule has 1 aliphatic rings. The summed E-state index contributed by atoms with van der Waals surface area (Å²) in [4.78, 5) is 13.4. The van der Waals surface area contributed by atoms with Gasteiger partial charge in [0.15, 0.2) is 5.82 Å². The van der Waals surface area contributed by atoms with Crippen LogP contribution in [0.2, 0.25) is 5.02 Å². The number of hydrogen-bond acceptors (Lipinski definition) is 6. The molecule has 0 radical (unpaired) electrons. The Morgan fingerprint density at radius 1 is 1.05 bits per heavy atom. The molecule has 192 valence electrons. The normalized spacial score (nSPS) is 14.6. The molecule has 0 saturated heterocycles. The van der Waals surface area contributed by atoms with Gasteiger partial charge in [0.05, 0.1) is 22.4 Å². The van der Waals surface area contributed by atoms with Gasteiger partial charge in [0.2, 0.25) is 5.95 Å². The molecule has 2 heterocycles. The Balaban J connectivity index is 1.43. The number of halogens is 2. The summed E-state index contributed by atoms with van der Waals surface area (Å²) >= 11 is 6.02. The number of sulfonamides is 1. The number of benzene rings is 2. The highest BCUT2D eigenvalue weighted by Crippen LogP contribution is 2.30. The number of nitrogens with one attached hydrogen (secondary N) is 2. The second kappa shape index (κ2) is 10.6. The van der Waals surface area contributed by atoms with Crippen LogP contribution in [0, 0.1) is 5.82 Å². The van der Waals surface area contributed by atoms with Crippen LogP contribution in [0.1, 0.15) is 44.6 Å². The number of pyridine rings is 1. The molecule has 7 nitrogen and oxygen atoms in total. The van der Waals surface area contributed by atoms with Crippen molar-refractivity contribution in [3.8, 4) is 11.3 Å². The molecule has 2 N–H and O–H groups in total. The Labute approximate surface area is 220 Å². The number of nitrogens with zero attached hydrogens (tertiary/aromatic N) is 3. The molecule has 37 heavy (non-hydrogen) atoms. The van der Waals surface area contributed by atoms with Gasteiger partial charge in [0, 0.05) is 29.3 Å². The van der Waals surface area contributed by atoms with Crippen LogP contribution in [0.3, 0.4) is 0 Å². The Morgan fingerprint density at radius 2 is 1.84 bits per heavy atom. The van der Waals surface area contributed by atoms with E-state index in [9.17, 15) is 8.42 Å². The summed E-state index contributed by atoms with van der Waals surface area (Å²) in [5, 5.41) is 4.32. The van der Waals surface area contributed by atoms with Crippen LogP contribution < -0.4 is 10.0 Å². The summed E-state index contributed by atoms with van der Waals surface area (Å²) in [6.45, 7) is 2.02. The summed E-state index contributed by atoms with van der Waals surface area (Å²) in [6.07, 6.45) is 9.69. The van der Waals surface area contributed by atoms with E-state index in [4.69, 9.17) is 16.6 Å². The third kappa shape index (κ3) is 5.52. The minimum atomic E-state index is -4.00. The highest BCUT2D eigenvalue weighted by atomic mass is 35.5. The van der Waals surface area contributed by atoms with Gasteiger partial charge in [-0.05, 0) is 49.1 Å². The predicted molar refractivity (Wildman–Crippen MR) is 145 cm³/mol. The van der Waals surface area contributed by atoms with Crippen LogP contribution in [0.5, 0.6) is 0 Å². The first-order chi connectivity index (χ1) is 17.8. The van der Waals surface area contributed by atoms with E-state index in [-0.39, 0.29) is 21.3 Å². The Hall–Kier alpha value is -3.30. The van der Waals surface area contributed by atoms with E-state index in [0.717, 1.165) is 35.4 Å². The van der Waals surface area contributed by atoms with E-state index in [1.165, 1.54) is 37.6 Å². The minimum Gasteiger partial charge on any atom is -0.351 e. The van der Waals surface area contributed by atoms with E-state index in [2.05, 4.69) is 20.0 Å². The van der Waals surface area contributed by atoms with E-state index in [1.807, 2.05) is 13.0 Å². The Kier molecular flexibility index (Phi) is 7.26. The average Bonchev–Trinajstić information content (AvgIpc) is 2.89. The van der Waals surface area contributed by atoms with E-state index in [1.54, 1.807) is 24.4 Å². The van der Waals surface area contributed by atoms with Gasteiger partial charge in [-0.25, -0.2) is 22.8 Å². The second-order valence-corrected chi connectivity index (χ2v) is 11.2. The van der Waals surface area contributed by atoms with Gasteiger partial charge in [-0.3, -0.25) is 9.71 Å². The molecule has 0 aliphatic heterocycles. The first-order valence-electron chi connectivity index (χ1n) is 12.3. The monoisotopic (exact) mass is 539 g/mol. The maximum atomic E-state index is 15.2. The molecular formula is C27H27ClFN5O2S. The average molecular weight is 540 g/mol. The van der Waals surface area contributed by atoms with Crippen LogP contribution >= 0.6 is 11.6 Å². The van der Waals surface area contributed by atoms with Crippen molar-refractivity contribution >= 4 is 44.2 Å². The van der Waals surface area contributed by atoms with Crippen molar-refractivity contribution in [3.05, 3.63) is 71.3 Å². The summed E-state index contributed by atoms with van der Waals surface area (Å²) < 4.78 is 42.9. The quantitative estimate of drug-likeness (QED) is 0.275. The number of anilines is 2. The SMILES string of the molecule is CCc1cc(-c2ncc(NS(=O)(=O)c3ccccc3Cl)cc2F)cc2cnc(NC3CCCCC3)nc12. The van der Waals surface area contributed by atoms with E-state index >= 15 is 4.39 Å². The van der Waals surface area contributed by atoms with Crippen molar-refractivity contribution in [3.63, 3.8) is 0 Å². The van der Waals surface area contributed by atoms with Crippen molar-refractivity contribution in [2.45, 2.75) is 56.4 Å². The van der Waals surface area contributed by atoms with Crippen molar-refractivity contribution in [1.82, 2.24) is 15.0 Å². The van der Waals surface area contributed by atoms with Gasteiger partial charge < -0.3 is 5.32 Å². The Bertz CT molecular complexity index is 1560. The van der Waals surface area contributed by atoms with Gasteiger partial charge in [-0.2, -0.15) is 0 Å². The molecule has 0 atom stereocenters. The highest BCUT2D eigenvalue weighted by Gasteiger charge is 2.20. The molecule has 2 aromatic carbocycles. The molecule has 0 bridgehead atoms. The molecule has 5 rings (SSSR count). The summed E-state index contributed by atoms with van der Waals surface area (Å²) in [7, 11) is -4.00. The zero-order valence-corrected chi connectivity index (χ0v) is 21.9. The standard InChI is InChI=1S/C27H27ClFN5O2S/c1-2-17-12-18(13-19-15-31-27(33-25(17)19)32-20-8-4-3-5-9-20)26-23(29)14-21(16-30-26)34-37(35,36)24-11-7-6-10-22(24)28/h6-7,10-16,20,34H,2-5,8-9H2,1H3,(H,31,32,33). The fraction of sp³-hybridized carbons (Fsp3) is 0.296. The number of aromatic nitrogens is 3. The van der Waals surface area contributed by atoms with Crippen LogP contribution in [-0.2, 0) is 16.4 Å². The molecular weight excluding hydrogens is 513 g/mol. The first kappa shape index (κ1) is 25.4. The number of aryl methyl sites for hydroxylation is 1. The molecule has 1 fully saturated rings. The zero-order chi connectivity index (χ0) is 26.0. The largest absolute Gasteiger partial charge is 0.351 e. The predicted octanol–water partition coefficient (Wildman–Crippen LogP) is 6.59. The first-order valence-corrected chi connectivity index (χ1v) is 14.2. The van der Waals surface area contributed by atoms with Gasteiger partial charge in [0.25, 0.3) is 10.0 Å². The molecule has 1 saturated carbocycles. The Morgan fingerprint density at radius 3 is 2.57 bits per heavy atom. The fourth-order valence-electron chi connectivity index (χ4n) is 4.70. The zero-order valence-electron chi connectivity index (χ0n) is 20.3. The van der Waals surface area contributed by atoms with Crippen LogP contribution in [0.15, 0.2) is 59.8 Å². The van der Waals surface area contributed by atoms with Crippen molar-refractivity contribution in [1.29, 1.82) is 0 Å². The number of rotatable bonds is 7. The molecule has 4 aromatic rings. The lowest BCUT2D eigenvalue weighted by molar-refractivity contribution is 0.461. The summed E-state index contributed by atoms with van der Waals surface area (Å²) in [5.74, 6) is -0.0430. The second-order valence-electron chi connectivity index (χ2n) is 9.19. The third-order valence-corrected chi connectivity index (χ3v) is 8.46. The van der Waals surface area contributed by atoms with Crippen LogP contribution in [-0.4, -0.2) is 29.4 Å². The fourth-order valence-corrected chi connectivity index (χ4v) is 6.26. The van der Waals surface area contributed by atoms with Crippen LogP contribution in [0.25, 0.3) is 22.2 Å². The lowest BCUT2D eigenvalue weighted by Crippen LogP contribution is -2.23. The topological polar surface area (TPSA) is 96.9 Å².